The molecule has 0 bridgehead atoms. The number of hydrogen-bond acceptors (Lipinski definition) is 3. The van der Waals surface area contributed by atoms with Crippen LogP contribution in [0.3, 0.4) is 0 Å². The fourth-order valence-electron chi connectivity index (χ4n) is 4.47. The van der Waals surface area contributed by atoms with Crippen LogP contribution in [0.15, 0.2) is 59.3 Å². The van der Waals surface area contributed by atoms with Crippen LogP contribution in [0, 0.1) is 27.7 Å². The number of carbonyl (C=O) groups excluding carboxylic acids is 2. The monoisotopic (exact) mass is 508 g/mol. The van der Waals surface area contributed by atoms with Gasteiger partial charge in [-0.1, -0.05) is 29.3 Å². The van der Waals surface area contributed by atoms with Crippen molar-refractivity contribution < 1.29 is 14.3 Å². The normalized spacial score (nSPS) is 14.9. The third-order valence-electron chi connectivity index (χ3n) is 6.46. The lowest BCUT2D eigenvalue weighted by Crippen LogP contribution is -2.24. The molecule has 180 valence electrons. The summed E-state index contributed by atoms with van der Waals surface area (Å²) < 4.78 is 7.03. The molecule has 2 heterocycles. The summed E-state index contributed by atoms with van der Waals surface area (Å²) in [6.07, 6.45) is 1.75. The van der Waals surface area contributed by atoms with Crippen LogP contribution in [0.5, 0.6) is 0 Å². The van der Waals surface area contributed by atoms with Crippen LogP contribution in [0.1, 0.15) is 35.0 Å². The van der Waals surface area contributed by atoms with Gasteiger partial charge in [-0.3, -0.25) is 9.69 Å². The first-order valence-corrected chi connectivity index (χ1v) is 11.9. The van der Waals surface area contributed by atoms with Crippen molar-refractivity contribution >= 4 is 46.8 Å². The topological polar surface area (TPSA) is 51.5 Å². The minimum atomic E-state index is -0.555. The first kappa shape index (κ1) is 24.8. The van der Waals surface area contributed by atoms with Crippen molar-refractivity contribution in [1.82, 2.24) is 4.57 Å². The molecule has 0 saturated carbocycles. The number of allylic oxidation sites excluding steroid dienone is 1. The lowest BCUT2D eigenvalue weighted by Gasteiger charge is -2.19. The summed E-state index contributed by atoms with van der Waals surface area (Å²) in [5.74, 6) is -0.836. The number of methoxy groups -OCH3 is 1. The molecule has 0 atom stereocenters. The van der Waals surface area contributed by atoms with E-state index in [9.17, 15) is 9.59 Å². The molecule has 0 radical (unpaired) electrons. The fourth-order valence-corrected chi connectivity index (χ4v) is 4.84. The number of halogens is 2. The van der Waals surface area contributed by atoms with Crippen LogP contribution in [0.2, 0.25) is 10.0 Å². The summed E-state index contributed by atoms with van der Waals surface area (Å²) in [5.41, 5.74) is 7.26. The maximum Gasteiger partial charge on any atom is 0.340 e. The zero-order valence-corrected chi connectivity index (χ0v) is 22.0. The highest BCUT2D eigenvalue weighted by Crippen LogP contribution is 2.37. The SMILES string of the molecule is COC(=O)C1=C(C)N(c2ccc(C)c(C)c2)C(=O)/C1=C\c1cc(C)n(-c2cc(Cl)ccc2Cl)c1C. The Hall–Kier alpha value is -3.28. The number of amides is 1. The molecule has 0 saturated heterocycles. The van der Waals surface area contributed by atoms with Gasteiger partial charge in [0.1, 0.15) is 0 Å². The standard InChI is InChI=1S/C28H26Cl2N2O3/c1-15-7-9-22(11-16(15)2)32-19(5)26(28(34)35-6)23(27(32)33)13-20-12-17(3)31(18(20)4)25-14-21(29)8-10-24(25)30/h7-14H,1-6H3/b23-13-. The van der Waals surface area contributed by atoms with Crippen molar-refractivity contribution in [2.75, 3.05) is 12.0 Å². The molecule has 5 nitrogen and oxygen atoms in total. The van der Waals surface area contributed by atoms with Gasteiger partial charge >= 0.3 is 5.97 Å². The fraction of sp³-hybridized carbons (Fsp3) is 0.214. The highest BCUT2D eigenvalue weighted by atomic mass is 35.5. The summed E-state index contributed by atoms with van der Waals surface area (Å²) in [6, 6.07) is 13.0. The number of carbonyl (C=O) groups is 2. The molecule has 0 spiro atoms. The van der Waals surface area contributed by atoms with Crippen molar-refractivity contribution in [3.63, 3.8) is 0 Å². The molecule has 3 aromatic rings. The zero-order chi connectivity index (χ0) is 25.6. The lowest BCUT2D eigenvalue weighted by atomic mass is 10.0. The first-order valence-electron chi connectivity index (χ1n) is 11.1. The van der Waals surface area contributed by atoms with Gasteiger partial charge in [0.05, 0.1) is 29.0 Å². The van der Waals surface area contributed by atoms with Gasteiger partial charge in [-0.25, -0.2) is 4.79 Å². The second-order valence-electron chi connectivity index (χ2n) is 8.68. The van der Waals surface area contributed by atoms with Crippen molar-refractivity contribution in [2.24, 2.45) is 0 Å². The van der Waals surface area contributed by atoms with E-state index in [1.165, 1.54) is 7.11 Å². The average molecular weight is 509 g/mol. The Balaban J connectivity index is 1.87. The number of hydrogen-bond donors (Lipinski definition) is 0. The Bertz CT molecular complexity index is 1450. The van der Waals surface area contributed by atoms with E-state index in [2.05, 4.69) is 0 Å². The van der Waals surface area contributed by atoms with Crippen molar-refractivity contribution in [3.05, 3.63) is 97.4 Å². The second-order valence-corrected chi connectivity index (χ2v) is 9.52. The van der Waals surface area contributed by atoms with Gasteiger partial charge in [0.25, 0.3) is 5.91 Å². The number of aromatic nitrogens is 1. The first-order chi connectivity index (χ1) is 16.5. The molecule has 0 N–H and O–H groups in total. The number of rotatable bonds is 4. The molecule has 0 fully saturated rings. The van der Waals surface area contributed by atoms with Gasteiger partial charge in [0.15, 0.2) is 0 Å². The highest BCUT2D eigenvalue weighted by Gasteiger charge is 2.38. The van der Waals surface area contributed by atoms with Gasteiger partial charge < -0.3 is 9.30 Å². The molecule has 2 aromatic carbocycles. The number of nitrogens with zero attached hydrogens (tertiary/aromatic N) is 2. The summed E-state index contributed by atoms with van der Waals surface area (Å²) in [4.78, 5) is 28.0. The minimum Gasteiger partial charge on any atom is -0.465 e. The van der Waals surface area contributed by atoms with Gasteiger partial charge in [-0.2, -0.15) is 0 Å². The van der Waals surface area contributed by atoms with Crippen molar-refractivity contribution in [2.45, 2.75) is 34.6 Å². The Morgan fingerprint density at radius 3 is 2.31 bits per heavy atom. The number of aryl methyl sites for hydroxylation is 3. The molecular formula is C28H26Cl2N2O3. The van der Waals surface area contributed by atoms with E-state index in [-0.39, 0.29) is 17.1 Å². The summed E-state index contributed by atoms with van der Waals surface area (Å²) in [5, 5.41) is 1.12. The van der Waals surface area contributed by atoms with Crippen LogP contribution in [0.4, 0.5) is 5.69 Å². The second kappa shape index (κ2) is 9.40. The molecular weight excluding hydrogens is 483 g/mol. The van der Waals surface area contributed by atoms with E-state index >= 15 is 0 Å². The third kappa shape index (κ3) is 4.30. The average Bonchev–Trinajstić information content (AvgIpc) is 3.23. The molecule has 1 aromatic heterocycles. The van der Waals surface area contributed by atoms with E-state index in [0.717, 1.165) is 33.8 Å². The van der Waals surface area contributed by atoms with E-state index in [0.29, 0.717) is 21.4 Å². The molecule has 1 aliphatic heterocycles. The summed E-state index contributed by atoms with van der Waals surface area (Å²) in [7, 11) is 1.32. The Morgan fingerprint density at radius 2 is 1.66 bits per heavy atom. The molecule has 0 unspecified atom stereocenters. The number of anilines is 1. The lowest BCUT2D eigenvalue weighted by molar-refractivity contribution is -0.136. The van der Waals surface area contributed by atoms with E-state index < -0.39 is 5.97 Å². The number of ether oxygens (including phenoxy) is 1. The molecule has 1 amide bonds. The smallest absolute Gasteiger partial charge is 0.340 e. The van der Waals surface area contributed by atoms with Crippen LogP contribution in [-0.2, 0) is 14.3 Å². The van der Waals surface area contributed by atoms with Crippen LogP contribution >= 0.6 is 23.2 Å². The Morgan fingerprint density at radius 1 is 0.943 bits per heavy atom. The zero-order valence-electron chi connectivity index (χ0n) is 20.5. The highest BCUT2D eigenvalue weighted by molar-refractivity contribution is 6.34. The van der Waals surface area contributed by atoms with Crippen LogP contribution in [-0.4, -0.2) is 23.6 Å². The van der Waals surface area contributed by atoms with Gasteiger partial charge in [0, 0.05) is 27.8 Å². The molecule has 4 rings (SSSR count). The predicted molar refractivity (Wildman–Crippen MR) is 141 cm³/mol. The Kier molecular flexibility index (Phi) is 6.67. The van der Waals surface area contributed by atoms with Gasteiger partial charge in [-0.05, 0) is 93.8 Å². The number of benzene rings is 2. The predicted octanol–water partition coefficient (Wildman–Crippen LogP) is 6.89. The maximum absolute atomic E-state index is 13.7. The molecule has 0 aliphatic carbocycles. The maximum atomic E-state index is 13.7. The van der Waals surface area contributed by atoms with E-state index in [1.807, 2.05) is 56.5 Å². The third-order valence-corrected chi connectivity index (χ3v) is 7.01. The van der Waals surface area contributed by atoms with E-state index in [4.69, 9.17) is 27.9 Å². The quantitative estimate of drug-likeness (QED) is 0.284. The van der Waals surface area contributed by atoms with Crippen LogP contribution in [0.25, 0.3) is 11.8 Å². The van der Waals surface area contributed by atoms with Gasteiger partial charge in [-0.15, -0.1) is 0 Å². The number of esters is 1. The molecule has 1 aliphatic rings. The summed E-state index contributed by atoms with van der Waals surface area (Å²) in [6.45, 7) is 9.65. The Labute approximate surface area is 215 Å². The van der Waals surface area contributed by atoms with Crippen LogP contribution < -0.4 is 4.90 Å². The molecule has 35 heavy (non-hydrogen) atoms. The minimum absolute atomic E-state index is 0.251. The van der Waals surface area contributed by atoms with E-state index in [1.54, 1.807) is 36.1 Å². The van der Waals surface area contributed by atoms with Crippen molar-refractivity contribution in [3.8, 4) is 5.69 Å². The molecule has 7 heteroatoms. The summed E-state index contributed by atoms with van der Waals surface area (Å²) >= 11 is 12.7. The van der Waals surface area contributed by atoms with Gasteiger partial charge in [0.2, 0.25) is 0 Å². The largest absolute Gasteiger partial charge is 0.465 e. The van der Waals surface area contributed by atoms with Crippen molar-refractivity contribution in [1.29, 1.82) is 0 Å².